The Kier molecular flexibility index (Phi) is 6.15. The Morgan fingerprint density at radius 2 is 2.04 bits per heavy atom. The van der Waals surface area contributed by atoms with Crippen molar-refractivity contribution >= 4 is 22.8 Å². The van der Waals surface area contributed by atoms with Crippen molar-refractivity contribution in [3.05, 3.63) is 29.5 Å². The number of para-hydroxylation sites is 1. The summed E-state index contributed by atoms with van der Waals surface area (Å²) in [6.45, 7) is 5.81. The number of hydrogen-bond acceptors (Lipinski definition) is 8. The highest BCUT2D eigenvalue weighted by molar-refractivity contribution is 5.88. The van der Waals surface area contributed by atoms with E-state index in [2.05, 4.69) is 44.6 Å². The molecule has 0 unspecified atom stereocenters. The predicted molar refractivity (Wildman–Crippen MR) is 110 cm³/mol. The van der Waals surface area contributed by atoms with Crippen molar-refractivity contribution in [3.8, 4) is 11.5 Å². The molecule has 0 aliphatic carbocycles. The van der Waals surface area contributed by atoms with Crippen molar-refractivity contribution in [2.24, 2.45) is 5.73 Å². The second kappa shape index (κ2) is 8.75. The number of phenols is 1. The minimum absolute atomic E-state index is 0.106. The SMILES string of the molecule is COc1cccc(CNc2nc(NCCCN)nc3c(C(C)C)[nH]nc23)c1O. The maximum absolute atomic E-state index is 10.3. The van der Waals surface area contributed by atoms with Gasteiger partial charge in [0.25, 0.3) is 0 Å². The minimum atomic E-state index is 0.106. The molecule has 0 spiro atoms. The first-order chi connectivity index (χ1) is 13.5. The second-order valence-electron chi connectivity index (χ2n) is 6.78. The van der Waals surface area contributed by atoms with E-state index in [1.807, 2.05) is 12.1 Å². The number of rotatable bonds is 9. The lowest BCUT2D eigenvalue weighted by molar-refractivity contribution is 0.371. The largest absolute Gasteiger partial charge is 0.504 e. The van der Waals surface area contributed by atoms with E-state index in [9.17, 15) is 5.11 Å². The van der Waals surface area contributed by atoms with E-state index in [1.165, 1.54) is 7.11 Å². The Balaban J connectivity index is 1.92. The lowest BCUT2D eigenvalue weighted by Crippen LogP contribution is -2.12. The number of H-pyrrole nitrogens is 1. The van der Waals surface area contributed by atoms with E-state index in [4.69, 9.17) is 10.5 Å². The fraction of sp³-hybridized carbons (Fsp3) is 0.421. The third-order valence-corrected chi connectivity index (χ3v) is 4.42. The molecule has 9 nitrogen and oxygen atoms in total. The number of methoxy groups -OCH3 is 1. The monoisotopic (exact) mass is 385 g/mol. The van der Waals surface area contributed by atoms with Crippen LogP contribution in [0, 0.1) is 0 Å². The van der Waals surface area contributed by atoms with E-state index >= 15 is 0 Å². The molecule has 0 aliphatic heterocycles. The molecule has 9 heteroatoms. The highest BCUT2D eigenvalue weighted by Crippen LogP contribution is 2.31. The molecule has 0 bridgehead atoms. The average Bonchev–Trinajstić information content (AvgIpc) is 3.11. The maximum atomic E-state index is 10.3. The number of fused-ring (bicyclic) bond motifs is 1. The van der Waals surface area contributed by atoms with Gasteiger partial charge in [-0.3, -0.25) is 5.10 Å². The number of phenolic OH excluding ortho intramolecular Hbond substituents is 1. The minimum Gasteiger partial charge on any atom is -0.504 e. The van der Waals surface area contributed by atoms with Gasteiger partial charge in [0.1, 0.15) is 5.52 Å². The fourth-order valence-corrected chi connectivity index (χ4v) is 2.88. The van der Waals surface area contributed by atoms with Crippen LogP contribution in [0.3, 0.4) is 0 Å². The van der Waals surface area contributed by atoms with E-state index < -0.39 is 0 Å². The van der Waals surface area contributed by atoms with Gasteiger partial charge in [-0.2, -0.15) is 10.1 Å². The summed E-state index contributed by atoms with van der Waals surface area (Å²) in [6.07, 6.45) is 0.824. The molecule has 3 aromatic rings. The van der Waals surface area contributed by atoms with Crippen LogP contribution in [0.5, 0.6) is 11.5 Å². The highest BCUT2D eigenvalue weighted by atomic mass is 16.5. The predicted octanol–water partition coefficient (Wildman–Crippen LogP) is 2.56. The molecule has 0 radical (unpaired) electrons. The van der Waals surface area contributed by atoms with Crippen LogP contribution in [0.4, 0.5) is 11.8 Å². The van der Waals surface area contributed by atoms with Crippen LogP contribution in [0.15, 0.2) is 18.2 Å². The third kappa shape index (κ3) is 4.09. The highest BCUT2D eigenvalue weighted by Gasteiger charge is 2.17. The molecule has 6 N–H and O–H groups in total. The van der Waals surface area contributed by atoms with E-state index in [1.54, 1.807) is 6.07 Å². The number of anilines is 2. The van der Waals surface area contributed by atoms with Gasteiger partial charge in [0, 0.05) is 18.7 Å². The molecule has 1 aromatic carbocycles. The number of aromatic hydroxyl groups is 1. The van der Waals surface area contributed by atoms with Crippen molar-refractivity contribution < 1.29 is 9.84 Å². The van der Waals surface area contributed by atoms with Crippen molar-refractivity contribution in [2.75, 3.05) is 30.8 Å². The molecule has 150 valence electrons. The quantitative estimate of drug-likeness (QED) is 0.355. The van der Waals surface area contributed by atoms with Gasteiger partial charge in [-0.1, -0.05) is 26.0 Å². The Hall–Kier alpha value is -3.07. The summed E-state index contributed by atoms with van der Waals surface area (Å²) >= 11 is 0. The number of hydrogen-bond donors (Lipinski definition) is 5. The first-order valence-electron chi connectivity index (χ1n) is 9.33. The molecule has 3 rings (SSSR count). The van der Waals surface area contributed by atoms with Crippen molar-refractivity contribution in [1.29, 1.82) is 0 Å². The van der Waals surface area contributed by atoms with Crippen molar-refractivity contribution in [1.82, 2.24) is 20.2 Å². The van der Waals surface area contributed by atoms with E-state index in [0.29, 0.717) is 48.2 Å². The zero-order valence-corrected chi connectivity index (χ0v) is 16.4. The van der Waals surface area contributed by atoms with Gasteiger partial charge in [0.05, 0.1) is 12.8 Å². The lowest BCUT2D eigenvalue weighted by Gasteiger charge is -2.12. The maximum Gasteiger partial charge on any atom is 0.225 e. The van der Waals surface area contributed by atoms with Crippen LogP contribution in [0.2, 0.25) is 0 Å². The van der Waals surface area contributed by atoms with Gasteiger partial charge in [-0.25, -0.2) is 4.98 Å². The van der Waals surface area contributed by atoms with Crippen LogP contribution in [-0.2, 0) is 6.54 Å². The Labute approximate surface area is 163 Å². The number of nitrogens with one attached hydrogen (secondary N) is 3. The Morgan fingerprint density at radius 1 is 1.21 bits per heavy atom. The lowest BCUT2D eigenvalue weighted by atomic mass is 10.1. The summed E-state index contributed by atoms with van der Waals surface area (Å²) in [4.78, 5) is 9.19. The van der Waals surface area contributed by atoms with Gasteiger partial charge in [-0.15, -0.1) is 0 Å². The summed E-state index contributed by atoms with van der Waals surface area (Å²) in [5.74, 6) is 1.88. The van der Waals surface area contributed by atoms with Gasteiger partial charge < -0.3 is 26.2 Å². The zero-order valence-electron chi connectivity index (χ0n) is 16.4. The van der Waals surface area contributed by atoms with Crippen molar-refractivity contribution in [3.63, 3.8) is 0 Å². The molecular formula is C19H27N7O2. The van der Waals surface area contributed by atoms with E-state index in [-0.39, 0.29) is 11.7 Å². The number of ether oxygens (including phenoxy) is 1. The number of aromatic nitrogens is 4. The number of benzene rings is 1. The van der Waals surface area contributed by atoms with Crippen LogP contribution < -0.4 is 21.1 Å². The molecule has 0 saturated heterocycles. The second-order valence-corrected chi connectivity index (χ2v) is 6.78. The van der Waals surface area contributed by atoms with E-state index in [0.717, 1.165) is 17.6 Å². The summed E-state index contributed by atoms with van der Waals surface area (Å²) < 4.78 is 5.17. The molecular weight excluding hydrogens is 358 g/mol. The molecule has 0 fully saturated rings. The van der Waals surface area contributed by atoms with Crippen molar-refractivity contribution in [2.45, 2.75) is 32.7 Å². The molecule has 0 aliphatic rings. The summed E-state index contributed by atoms with van der Waals surface area (Å²) in [7, 11) is 1.52. The van der Waals surface area contributed by atoms with Crippen LogP contribution >= 0.6 is 0 Å². The van der Waals surface area contributed by atoms with Gasteiger partial charge in [0.15, 0.2) is 22.8 Å². The van der Waals surface area contributed by atoms with Crippen LogP contribution in [-0.4, -0.2) is 45.5 Å². The number of aromatic amines is 1. The Bertz CT molecular complexity index is 939. The van der Waals surface area contributed by atoms with Crippen LogP contribution in [0.25, 0.3) is 11.0 Å². The summed E-state index contributed by atoms with van der Waals surface area (Å²) in [5, 5.41) is 24.2. The molecule has 0 amide bonds. The number of nitrogens with two attached hydrogens (primary N) is 1. The normalized spacial score (nSPS) is 11.2. The molecule has 2 aromatic heterocycles. The topological polar surface area (TPSA) is 134 Å². The first kappa shape index (κ1) is 19.7. The summed E-state index contributed by atoms with van der Waals surface area (Å²) in [6, 6.07) is 5.37. The average molecular weight is 385 g/mol. The fourth-order valence-electron chi connectivity index (χ4n) is 2.88. The first-order valence-corrected chi connectivity index (χ1v) is 9.33. The molecule has 28 heavy (non-hydrogen) atoms. The standard InChI is InChI=1S/C19H27N7O2/c1-11(2)14-15-16(26-25-14)18(24-19(23-15)21-9-5-8-20)22-10-12-6-4-7-13(28-3)17(12)27/h4,6-7,11,27H,5,8-10,20H2,1-3H3,(H,25,26)(H2,21,22,23,24). The molecule has 0 atom stereocenters. The number of nitrogens with zero attached hydrogens (tertiary/aromatic N) is 3. The zero-order chi connectivity index (χ0) is 20.1. The van der Waals surface area contributed by atoms with Crippen LogP contribution in [0.1, 0.15) is 37.4 Å². The smallest absolute Gasteiger partial charge is 0.225 e. The van der Waals surface area contributed by atoms with Gasteiger partial charge >= 0.3 is 0 Å². The third-order valence-electron chi connectivity index (χ3n) is 4.42. The summed E-state index contributed by atoms with van der Waals surface area (Å²) in [5.41, 5.74) is 8.65. The molecule has 0 saturated carbocycles. The Morgan fingerprint density at radius 3 is 2.75 bits per heavy atom. The molecule has 2 heterocycles. The van der Waals surface area contributed by atoms with Gasteiger partial charge in [-0.05, 0) is 24.9 Å². The van der Waals surface area contributed by atoms with Gasteiger partial charge in [0.2, 0.25) is 5.95 Å².